The minimum atomic E-state index is -0.637. The summed E-state index contributed by atoms with van der Waals surface area (Å²) >= 11 is 0. The minimum Gasteiger partial charge on any atom is -0.461 e. The first kappa shape index (κ1) is 40.6. The number of amides is 2. The van der Waals surface area contributed by atoms with Gasteiger partial charge in [0.05, 0.1) is 36.3 Å². The standard InChI is InChI=1S/C45H56N8O5/c1-32-12-10-15-34-16-11-17-38(39(32)34)50-23-19-36-37(29-50)47-41(57-31-45(20-21-45)53(27-24-49(5)6)43(55)58-44(2,3)4)48-40(36)51-25-26-52(35(28-51)18-22-46)42(54)56-30-33-13-8-7-9-14-33/h7-17,35H,18-21,23-31H2,1-6H3/t35-/m0/s1. The van der Waals surface area contributed by atoms with Crippen molar-refractivity contribution >= 4 is 34.5 Å². The lowest BCUT2D eigenvalue weighted by Gasteiger charge is -2.42. The lowest BCUT2D eigenvalue weighted by molar-refractivity contribution is 0.00462. The molecule has 1 saturated heterocycles. The summed E-state index contributed by atoms with van der Waals surface area (Å²) in [6.07, 6.45) is 1.63. The van der Waals surface area contributed by atoms with Crippen LogP contribution in [0.25, 0.3) is 10.8 Å². The Morgan fingerprint density at radius 3 is 2.41 bits per heavy atom. The summed E-state index contributed by atoms with van der Waals surface area (Å²) in [6.45, 7) is 12.0. The van der Waals surface area contributed by atoms with E-state index in [4.69, 9.17) is 24.2 Å². The van der Waals surface area contributed by atoms with E-state index in [9.17, 15) is 14.9 Å². The summed E-state index contributed by atoms with van der Waals surface area (Å²) in [5, 5.41) is 12.3. The maximum atomic E-state index is 13.6. The number of rotatable bonds is 12. The largest absolute Gasteiger partial charge is 0.461 e. The summed E-state index contributed by atoms with van der Waals surface area (Å²) in [6, 6.07) is 24.6. The number of ether oxygens (including phenoxy) is 3. The van der Waals surface area contributed by atoms with Crippen LogP contribution in [0.4, 0.5) is 21.1 Å². The number of piperazine rings is 1. The average Bonchev–Trinajstić information content (AvgIpc) is 3.99. The van der Waals surface area contributed by atoms with Gasteiger partial charge in [-0.05, 0) is 83.6 Å². The van der Waals surface area contributed by atoms with Crippen molar-refractivity contribution in [3.8, 4) is 12.1 Å². The van der Waals surface area contributed by atoms with Gasteiger partial charge in [-0.3, -0.25) is 4.90 Å². The highest BCUT2D eigenvalue weighted by Gasteiger charge is 2.52. The third-order valence-electron chi connectivity index (χ3n) is 11.3. The average molecular weight is 789 g/mol. The Hall–Kier alpha value is -5.61. The number of carbonyl (C=O) groups is 2. The van der Waals surface area contributed by atoms with Gasteiger partial charge in [-0.1, -0.05) is 60.7 Å². The van der Waals surface area contributed by atoms with Crippen LogP contribution in [0.2, 0.25) is 0 Å². The first-order valence-electron chi connectivity index (χ1n) is 20.3. The number of hydrogen-bond donors (Lipinski definition) is 0. The predicted octanol–water partition coefficient (Wildman–Crippen LogP) is 6.95. The minimum absolute atomic E-state index is 0.151. The van der Waals surface area contributed by atoms with E-state index in [2.05, 4.69) is 64.1 Å². The number of nitriles is 1. The molecule has 3 aliphatic rings. The van der Waals surface area contributed by atoms with Crippen molar-refractivity contribution in [2.45, 2.75) is 83.7 Å². The summed E-state index contributed by atoms with van der Waals surface area (Å²) in [7, 11) is 3.98. The first-order chi connectivity index (χ1) is 27.8. The normalized spacial score (nSPS) is 17.4. The molecule has 0 spiro atoms. The quantitative estimate of drug-likeness (QED) is 0.148. The molecule has 58 heavy (non-hydrogen) atoms. The SMILES string of the molecule is Cc1cccc2cccc(N3CCc4c(nc(OCC5(N(CCN(C)C)C(=O)OC(C)(C)C)CC5)nc4N4CCN(C(=O)OCc5ccccc5)[C@@H](CC#N)C4)C3)c12. The summed E-state index contributed by atoms with van der Waals surface area (Å²) in [5.41, 5.74) is 4.02. The second-order valence-corrected chi connectivity index (χ2v) is 17.0. The Morgan fingerprint density at radius 1 is 0.948 bits per heavy atom. The molecule has 1 aromatic heterocycles. The van der Waals surface area contributed by atoms with Crippen LogP contribution in [0.5, 0.6) is 6.01 Å². The summed E-state index contributed by atoms with van der Waals surface area (Å²) in [4.78, 5) is 47.3. The lowest BCUT2D eigenvalue weighted by Crippen LogP contribution is -2.55. The second-order valence-electron chi connectivity index (χ2n) is 17.0. The van der Waals surface area contributed by atoms with Crippen molar-refractivity contribution in [2.24, 2.45) is 0 Å². The molecule has 0 N–H and O–H groups in total. The third-order valence-corrected chi connectivity index (χ3v) is 11.3. The zero-order valence-electron chi connectivity index (χ0n) is 34.7. The number of aromatic nitrogens is 2. The van der Waals surface area contributed by atoms with Gasteiger partial charge in [0.1, 0.15) is 24.6 Å². The van der Waals surface area contributed by atoms with Crippen molar-refractivity contribution in [3.05, 3.63) is 89.1 Å². The van der Waals surface area contributed by atoms with Crippen LogP contribution >= 0.6 is 0 Å². The fourth-order valence-electron chi connectivity index (χ4n) is 8.03. The molecule has 2 amide bonds. The molecule has 1 aliphatic carbocycles. The van der Waals surface area contributed by atoms with Gasteiger partial charge in [-0.25, -0.2) is 9.59 Å². The van der Waals surface area contributed by atoms with E-state index in [0.29, 0.717) is 45.7 Å². The molecule has 0 unspecified atom stereocenters. The molecule has 0 bridgehead atoms. The molecular weight excluding hydrogens is 733 g/mol. The fraction of sp³-hybridized carbons (Fsp3) is 0.489. The Kier molecular flexibility index (Phi) is 12.0. The van der Waals surface area contributed by atoms with Gasteiger partial charge >= 0.3 is 18.2 Å². The van der Waals surface area contributed by atoms with Crippen LogP contribution in [0.15, 0.2) is 66.7 Å². The molecule has 2 fully saturated rings. The molecule has 13 heteroatoms. The zero-order chi connectivity index (χ0) is 41.0. The first-order valence-corrected chi connectivity index (χ1v) is 20.3. The molecule has 3 aromatic carbocycles. The number of nitrogens with zero attached hydrogens (tertiary/aromatic N) is 8. The molecule has 1 atom stereocenters. The molecule has 306 valence electrons. The summed E-state index contributed by atoms with van der Waals surface area (Å²) in [5.74, 6) is 0.760. The number of benzene rings is 3. The van der Waals surface area contributed by atoms with Crippen molar-refractivity contribution in [2.75, 3.05) is 69.8 Å². The van der Waals surface area contributed by atoms with Gasteiger partial charge in [-0.2, -0.15) is 15.2 Å². The summed E-state index contributed by atoms with van der Waals surface area (Å²) < 4.78 is 18.2. The smallest absolute Gasteiger partial charge is 0.410 e. The topological polar surface area (TPSA) is 128 Å². The molecule has 4 aromatic rings. The highest BCUT2D eigenvalue weighted by molar-refractivity contribution is 5.97. The van der Waals surface area contributed by atoms with E-state index in [1.54, 1.807) is 4.90 Å². The van der Waals surface area contributed by atoms with Crippen molar-refractivity contribution < 1.29 is 23.8 Å². The fourth-order valence-corrected chi connectivity index (χ4v) is 8.03. The van der Waals surface area contributed by atoms with Gasteiger partial charge < -0.3 is 33.8 Å². The van der Waals surface area contributed by atoms with Crippen LogP contribution in [-0.4, -0.2) is 114 Å². The van der Waals surface area contributed by atoms with Gasteiger partial charge in [0.15, 0.2) is 0 Å². The number of aryl methyl sites for hydroxylation is 1. The van der Waals surface area contributed by atoms with E-state index in [-0.39, 0.29) is 31.7 Å². The molecule has 7 rings (SSSR count). The van der Waals surface area contributed by atoms with E-state index < -0.39 is 23.3 Å². The van der Waals surface area contributed by atoms with Crippen LogP contribution in [0, 0.1) is 18.3 Å². The van der Waals surface area contributed by atoms with E-state index in [1.807, 2.05) is 70.1 Å². The van der Waals surface area contributed by atoms with Crippen molar-refractivity contribution in [1.29, 1.82) is 5.26 Å². The monoisotopic (exact) mass is 788 g/mol. The van der Waals surface area contributed by atoms with E-state index in [1.165, 1.54) is 16.3 Å². The van der Waals surface area contributed by atoms with Gasteiger partial charge in [0, 0.05) is 55.9 Å². The van der Waals surface area contributed by atoms with Crippen LogP contribution < -0.4 is 14.5 Å². The number of likely N-dealkylation sites (N-methyl/N-ethyl adjacent to an activating group) is 1. The van der Waals surface area contributed by atoms with Crippen LogP contribution in [0.1, 0.15) is 62.4 Å². The van der Waals surface area contributed by atoms with Crippen LogP contribution in [0.3, 0.4) is 0 Å². The van der Waals surface area contributed by atoms with Gasteiger partial charge in [-0.15, -0.1) is 0 Å². The molecule has 13 nitrogen and oxygen atoms in total. The molecular formula is C45H56N8O5. The maximum Gasteiger partial charge on any atom is 0.410 e. The van der Waals surface area contributed by atoms with Crippen molar-refractivity contribution in [1.82, 2.24) is 24.7 Å². The molecule has 1 saturated carbocycles. The Labute approximate surface area is 342 Å². The Bertz CT molecular complexity index is 2140. The molecule has 3 heterocycles. The van der Waals surface area contributed by atoms with E-state index in [0.717, 1.165) is 47.7 Å². The number of anilines is 2. The molecule has 2 aliphatic heterocycles. The predicted molar refractivity (Wildman–Crippen MR) is 224 cm³/mol. The highest BCUT2D eigenvalue weighted by atomic mass is 16.6. The second kappa shape index (κ2) is 17.1. The van der Waals surface area contributed by atoms with Gasteiger partial charge in [0.25, 0.3) is 0 Å². The van der Waals surface area contributed by atoms with Gasteiger partial charge in [0.2, 0.25) is 0 Å². The highest BCUT2D eigenvalue weighted by Crippen LogP contribution is 2.43. The number of carbonyl (C=O) groups excluding carboxylic acids is 2. The lowest BCUT2D eigenvalue weighted by atomic mass is 9.99. The van der Waals surface area contributed by atoms with Crippen LogP contribution in [-0.2, 0) is 29.0 Å². The third kappa shape index (κ3) is 9.23. The molecule has 0 radical (unpaired) electrons. The van der Waals surface area contributed by atoms with E-state index >= 15 is 0 Å². The Balaban J connectivity index is 1.18. The number of hydrogen-bond acceptors (Lipinski definition) is 11. The Morgan fingerprint density at radius 2 is 1.71 bits per heavy atom. The number of fused-ring (bicyclic) bond motifs is 2. The van der Waals surface area contributed by atoms with Crippen molar-refractivity contribution in [3.63, 3.8) is 0 Å². The maximum absolute atomic E-state index is 13.6. The zero-order valence-corrected chi connectivity index (χ0v) is 34.7.